The van der Waals surface area contributed by atoms with Crippen LogP contribution in [0.1, 0.15) is 0 Å². The van der Waals surface area contributed by atoms with Crippen LogP contribution in [0.5, 0.6) is 0 Å². The molecule has 3 aromatic rings. The van der Waals surface area contributed by atoms with Crippen LogP contribution in [0.2, 0.25) is 0 Å². The highest BCUT2D eigenvalue weighted by Crippen LogP contribution is 2.30. The van der Waals surface area contributed by atoms with Crippen molar-refractivity contribution < 1.29 is 4.92 Å². The van der Waals surface area contributed by atoms with E-state index in [0.29, 0.717) is 10.9 Å². The number of fused-ring (bicyclic) bond motifs is 3. The third kappa shape index (κ3) is 1.42. The van der Waals surface area contributed by atoms with Crippen molar-refractivity contribution in [1.29, 1.82) is 0 Å². The molecule has 0 saturated carbocycles. The van der Waals surface area contributed by atoms with Gasteiger partial charge < -0.3 is 0 Å². The average molecular weight is 224 g/mol. The van der Waals surface area contributed by atoms with Crippen molar-refractivity contribution in [3.8, 4) is 0 Å². The van der Waals surface area contributed by atoms with Gasteiger partial charge in [0.05, 0.1) is 15.8 Å². The zero-order chi connectivity index (χ0) is 11.8. The first-order chi connectivity index (χ1) is 8.27. The van der Waals surface area contributed by atoms with Gasteiger partial charge in [0.2, 0.25) is 0 Å². The summed E-state index contributed by atoms with van der Waals surface area (Å²) in [6.45, 7) is 0. The quantitative estimate of drug-likeness (QED) is 0.362. The van der Waals surface area contributed by atoms with Crippen LogP contribution < -0.4 is 0 Å². The summed E-state index contributed by atoms with van der Waals surface area (Å²) in [7, 11) is 0. The Hall–Kier alpha value is -2.49. The number of rotatable bonds is 1. The number of pyridine rings is 1. The van der Waals surface area contributed by atoms with Gasteiger partial charge in [-0.3, -0.25) is 15.1 Å². The first-order valence-electron chi connectivity index (χ1n) is 5.18. The Labute approximate surface area is 96.7 Å². The number of non-ortho nitro benzene ring substituents is 1. The lowest BCUT2D eigenvalue weighted by Crippen LogP contribution is -1.91. The predicted octanol–water partition coefficient (Wildman–Crippen LogP) is 3.30. The Kier molecular flexibility index (Phi) is 2.01. The van der Waals surface area contributed by atoms with E-state index in [1.807, 2.05) is 24.3 Å². The molecule has 4 heteroatoms. The molecule has 3 rings (SSSR count). The summed E-state index contributed by atoms with van der Waals surface area (Å²) in [5, 5.41) is 13.4. The Morgan fingerprint density at radius 2 is 1.88 bits per heavy atom. The van der Waals surface area contributed by atoms with Gasteiger partial charge in [0, 0.05) is 17.6 Å². The Balaban J connectivity index is 2.59. The highest BCUT2D eigenvalue weighted by atomic mass is 16.6. The van der Waals surface area contributed by atoms with Gasteiger partial charge in [-0.05, 0) is 11.5 Å². The minimum atomic E-state index is -0.365. The largest absolute Gasteiger partial charge is 0.279 e. The lowest BCUT2D eigenvalue weighted by atomic mass is 10.1. The maximum Gasteiger partial charge on any atom is 0.279 e. The molecular weight excluding hydrogens is 216 g/mol. The second kappa shape index (κ2) is 3.52. The molecule has 2 aromatic carbocycles. The van der Waals surface area contributed by atoms with Crippen LogP contribution >= 0.6 is 0 Å². The van der Waals surface area contributed by atoms with Crippen LogP contribution in [-0.2, 0) is 0 Å². The number of benzene rings is 2. The van der Waals surface area contributed by atoms with Crippen LogP contribution in [0.4, 0.5) is 5.69 Å². The van der Waals surface area contributed by atoms with Crippen molar-refractivity contribution in [2.45, 2.75) is 0 Å². The summed E-state index contributed by atoms with van der Waals surface area (Å²) in [6, 6.07) is 12.5. The van der Waals surface area contributed by atoms with Crippen LogP contribution in [0.3, 0.4) is 0 Å². The predicted molar refractivity (Wildman–Crippen MR) is 65.9 cm³/mol. The van der Waals surface area contributed by atoms with Gasteiger partial charge in [0.15, 0.2) is 0 Å². The normalized spacial score (nSPS) is 10.8. The van der Waals surface area contributed by atoms with Gasteiger partial charge in [-0.15, -0.1) is 0 Å². The van der Waals surface area contributed by atoms with E-state index >= 15 is 0 Å². The van der Waals surface area contributed by atoms with Gasteiger partial charge in [0.1, 0.15) is 0 Å². The molecule has 4 nitrogen and oxygen atoms in total. The SMILES string of the molecule is O=[N+]([O-])c1cccc2ncc3ccccc3c12. The Bertz CT molecular complexity index is 738. The summed E-state index contributed by atoms with van der Waals surface area (Å²) in [5.74, 6) is 0. The third-order valence-electron chi connectivity index (χ3n) is 2.79. The second-order valence-corrected chi connectivity index (χ2v) is 3.77. The van der Waals surface area contributed by atoms with E-state index in [-0.39, 0.29) is 10.6 Å². The number of aromatic nitrogens is 1. The fraction of sp³-hybridized carbons (Fsp3) is 0. The zero-order valence-corrected chi connectivity index (χ0v) is 8.83. The monoisotopic (exact) mass is 224 g/mol. The molecule has 0 atom stereocenters. The molecule has 82 valence electrons. The van der Waals surface area contributed by atoms with E-state index in [2.05, 4.69) is 4.98 Å². The van der Waals surface area contributed by atoms with Crippen molar-refractivity contribution >= 4 is 27.4 Å². The summed E-state index contributed by atoms with van der Waals surface area (Å²) in [4.78, 5) is 14.9. The summed E-state index contributed by atoms with van der Waals surface area (Å²) in [5.41, 5.74) is 0.754. The van der Waals surface area contributed by atoms with Crippen molar-refractivity contribution in [2.75, 3.05) is 0 Å². The Morgan fingerprint density at radius 1 is 1.06 bits per heavy atom. The van der Waals surface area contributed by atoms with E-state index in [9.17, 15) is 10.1 Å². The summed E-state index contributed by atoms with van der Waals surface area (Å²) < 4.78 is 0. The van der Waals surface area contributed by atoms with Gasteiger partial charge in [-0.25, -0.2) is 0 Å². The van der Waals surface area contributed by atoms with Crippen molar-refractivity contribution in [1.82, 2.24) is 4.98 Å². The van der Waals surface area contributed by atoms with E-state index < -0.39 is 0 Å². The molecule has 1 heterocycles. The van der Waals surface area contributed by atoms with Crippen LogP contribution in [0, 0.1) is 10.1 Å². The second-order valence-electron chi connectivity index (χ2n) is 3.77. The maximum absolute atomic E-state index is 11.0. The van der Waals surface area contributed by atoms with Crippen LogP contribution in [-0.4, -0.2) is 9.91 Å². The minimum absolute atomic E-state index is 0.104. The number of nitrogens with zero attached hydrogens (tertiary/aromatic N) is 2. The molecule has 0 N–H and O–H groups in total. The van der Waals surface area contributed by atoms with E-state index in [0.717, 1.165) is 10.8 Å². The van der Waals surface area contributed by atoms with Crippen LogP contribution in [0.15, 0.2) is 48.7 Å². The molecular formula is C13H8N2O2. The number of hydrogen-bond donors (Lipinski definition) is 0. The van der Waals surface area contributed by atoms with E-state index in [4.69, 9.17) is 0 Å². The lowest BCUT2D eigenvalue weighted by molar-refractivity contribution is -0.383. The molecule has 0 fully saturated rings. The molecule has 0 saturated heterocycles. The van der Waals surface area contributed by atoms with E-state index in [1.165, 1.54) is 6.07 Å². The summed E-state index contributed by atoms with van der Waals surface area (Å²) in [6.07, 6.45) is 1.74. The molecule has 0 aliphatic carbocycles. The number of nitro groups is 1. The first-order valence-corrected chi connectivity index (χ1v) is 5.18. The van der Waals surface area contributed by atoms with Crippen molar-refractivity contribution in [2.24, 2.45) is 0 Å². The third-order valence-corrected chi connectivity index (χ3v) is 2.79. The van der Waals surface area contributed by atoms with Gasteiger partial charge in [0.25, 0.3) is 5.69 Å². The highest BCUT2D eigenvalue weighted by Gasteiger charge is 2.14. The fourth-order valence-corrected chi connectivity index (χ4v) is 2.04. The molecule has 0 aliphatic rings. The summed E-state index contributed by atoms with van der Waals surface area (Å²) >= 11 is 0. The average Bonchev–Trinajstić information content (AvgIpc) is 2.37. The fourth-order valence-electron chi connectivity index (χ4n) is 2.04. The Morgan fingerprint density at radius 3 is 2.71 bits per heavy atom. The zero-order valence-electron chi connectivity index (χ0n) is 8.83. The smallest absolute Gasteiger partial charge is 0.258 e. The lowest BCUT2D eigenvalue weighted by Gasteiger charge is -2.03. The molecule has 0 radical (unpaired) electrons. The van der Waals surface area contributed by atoms with Crippen molar-refractivity contribution in [3.05, 3.63) is 58.8 Å². The highest BCUT2D eigenvalue weighted by molar-refractivity contribution is 6.09. The molecule has 0 spiro atoms. The van der Waals surface area contributed by atoms with Gasteiger partial charge >= 0.3 is 0 Å². The topological polar surface area (TPSA) is 56.0 Å². The molecule has 0 aliphatic heterocycles. The van der Waals surface area contributed by atoms with Crippen molar-refractivity contribution in [3.63, 3.8) is 0 Å². The molecule has 0 bridgehead atoms. The molecule has 0 unspecified atom stereocenters. The standard InChI is InChI=1S/C13H8N2O2/c16-15(17)12-7-3-6-11-13(12)10-5-2-1-4-9(10)8-14-11/h1-8H. The molecule has 1 aromatic heterocycles. The number of hydrogen-bond acceptors (Lipinski definition) is 3. The minimum Gasteiger partial charge on any atom is -0.258 e. The van der Waals surface area contributed by atoms with Gasteiger partial charge in [-0.1, -0.05) is 30.3 Å². The first kappa shape index (κ1) is 9.72. The molecule has 17 heavy (non-hydrogen) atoms. The maximum atomic E-state index is 11.0. The van der Waals surface area contributed by atoms with E-state index in [1.54, 1.807) is 18.3 Å². The van der Waals surface area contributed by atoms with Gasteiger partial charge in [-0.2, -0.15) is 0 Å². The van der Waals surface area contributed by atoms with Crippen LogP contribution in [0.25, 0.3) is 21.7 Å². The number of nitro benzene ring substituents is 1. The molecule has 0 amide bonds.